The smallest absolute Gasteiger partial charge is 0.251 e. The SMILES string of the molecule is Cc1ccc(C(=O)NCCNC(=O)C2CNC2)cc1. The molecule has 1 aromatic carbocycles. The molecular weight excluding hydrogens is 242 g/mol. The van der Waals surface area contributed by atoms with E-state index < -0.39 is 0 Å². The van der Waals surface area contributed by atoms with E-state index in [0.717, 1.165) is 18.7 Å². The third-order valence-electron chi connectivity index (χ3n) is 3.18. The molecule has 0 saturated carbocycles. The minimum Gasteiger partial charge on any atom is -0.354 e. The molecule has 0 unspecified atom stereocenters. The largest absolute Gasteiger partial charge is 0.354 e. The first-order valence-electron chi connectivity index (χ1n) is 6.50. The van der Waals surface area contributed by atoms with Crippen molar-refractivity contribution in [3.8, 4) is 0 Å². The van der Waals surface area contributed by atoms with Crippen LogP contribution in [0.15, 0.2) is 24.3 Å². The van der Waals surface area contributed by atoms with Crippen molar-refractivity contribution in [3.05, 3.63) is 35.4 Å². The molecular formula is C14H19N3O2. The summed E-state index contributed by atoms with van der Waals surface area (Å²) in [7, 11) is 0. The molecule has 1 aliphatic rings. The highest BCUT2D eigenvalue weighted by molar-refractivity contribution is 5.94. The minimum absolute atomic E-state index is 0.0586. The van der Waals surface area contributed by atoms with Crippen molar-refractivity contribution in [2.45, 2.75) is 6.92 Å². The molecule has 1 heterocycles. The van der Waals surface area contributed by atoms with Crippen LogP contribution in [0.4, 0.5) is 0 Å². The van der Waals surface area contributed by atoms with Gasteiger partial charge in [0.1, 0.15) is 0 Å². The van der Waals surface area contributed by atoms with Crippen molar-refractivity contribution in [2.75, 3.05) is 26.2 Å². The molecule has 1 fully saturated rings. The molecule has 3 N–H and O–H groups in total. The lowest BCUT2D eigenvalue weighted by Crippen LogP contribution is -2.51. The van der Waals surface area contributed by atoms with Crippen LogP contribution >= 0.6 is 0 Å². The van der Waals surface area contributed by atoms with Crippen LogP contribution in [0.2, 0.25) is 0 Å². The van der Waals surface area contributed by atoms with Crippen molar-refractivity contribution in [3.63, 3.8) is 0 Å². The number of nitrogens with one attached hydrogen (secondary N) is 3. The van der Waals surface area contributed by atoms with Gasteiger partial charge in [0.25, 0.3) is 5.91 Å². The van der Waals surface area contributed by atoms with Crippen LogP contribution in [0, 0.1) is 12.8 Å². The Hall–Kier alpha value is -1.88. The van der Waals surface area contributed by atoms with Crippen LogP contribution in [0.1, 0.15) is 15.9 Å². The molecule has 19 heavy (non-hydrogen) atoms. The van der Waals surface area contributed by atoms with E-state index in [2.05, 4.69) is 16.0 Å². The van der Waals surface area contributed by atoms with Crippen LogP contribution in [0.5, 0.6) is 0 Å². The average molecular weight is 261 g/mol. The van der Waals surface area contributed by atoms with Gasteiger partial charge in [0.15, 0.2) is 0 Å². The number of rotatable bonds is 5. The molecule has 1 aromatic rings. The Morgan fingerprint density at radius 2 is 1.79 bits per heavy atom. The topological polar surface area (TPSA) is 70.2 Å². The molecule has 2 rings (SSSR count). The summed E-state index contributed by atoms with van der Waals surface area (Å²) < 4.78 is 0. The summed E-state index contributed by atoms with van der Waals surface area (Å²) in [4.78, 5) is 23.3. The summed E-state index contributed by atoms with van der Waals surface area (Å²) in [5.41, 5.74) is 1.76. The normalized spacial score (nSPS) is 14.6. The van der Waals surface area contributed by atoms with Crippen molar-refractivity contribution in [1.82, 2.24) is 16.0 Å². The second kappa shape index (κ2) is 6.33. The lowest BCUT2D eigenvalue weighted by Gasteiger charge is -2.25. The second-order valence-corrected chi connectivity index (χ2v) is 4.77. The molecule has 1 saturated heterocycles. The number of hydrogen-bond acceptors (Lipinski definition) is 3. The van der Waals surface area contributed by atoms with Gasteiger partial charge in [-0.15, -0.1) is 0 Å². The van der Waals surface area contributed by atoms with Gasteiger partial charge in [-0.2, -0.15) is 0 Å². The monoisotopic (exact) mass is 261 g/mol. The maximum absolute atomic E-state index is 11.8. The summed E-state index contributed by atoms with van der Waals surface area (Å²) in [6.07, 6.45) is 0. The van der Waals surface area contributed by atoms with Crippen LogP contribution in [-0.4, -0.2) is 38.0 Å². The van der Waals surface area contributed by atoms with Gasteiger partial charge in [0.05, 0.1) is 5.92 Å². The van der Waals surface area contributed by atoms with Crippen LogP contribution in [0.25, 0.3) is 0 Å². The fourth-order valence-corrected chi connectivity index (χ4v) is 1.79. The molecule has 0 aromatic heterocycles. The maximum Gasteiger partial charge on any atom is 0.251 e. The average Bonchev–Trinajstić information content (AvgIpc) is 2.33. The Morgan fingerprint density at radius 1 is 1.16 bits per heavy atom. The van der Waals surface area contributed by atoms with E-state index in [4.69, 9.17) is 0 Å². The summed E-state index contributed by atoms with van der Waals surface area (Å²) >= 11 is 0. The Bertz CT molecular complexity index is 452. The Labute approximate surface area is 112 Å². The number of amides is 2. The molecule has 2 amide bonds. The summed E-state index contributed by atoms with van der Waals surface area (Å²) in [5, 5.41) is 8.63. The minimum atomic E-state index is -0.112. The summed E-state index contributed by atoms with van der Waals surface area (Å²) in [6.45, 7) is 4.39. The van der Waals surface area contributed by atoms with Crippen molar-refractivity contribution < 1.29 is 9.59 Å². The molecule has 102 valence electrons. The quantitative estimate of drug-likeness (QED) is 0.656. The zero-order valence-electron chi connectivity index (χ0n) is 11.0. The summed E-state index contributed by atoms with van der Waals surface area (Å²) in [6, 6.07) is 7.40. The lowest BCUT2D eigenvalue weighted by atomic mass is 10.0. The first-order chi connectivity index (χ1) is 9.16. The van der Waals surface area contributed by atoms with Gasteiger partial charge in [-0.05, 0) is 19.1 Å². The van der Waals surface area contributed by atoms with E-state index >= 15 is 0 Å². The second-order valence-electron chi connectivity index (χ2n) is 4.77. The van der Waals surface area contributed by atoms with Gasteiger partial charge in [-0.1, -0.05) is 17.7 Å². The Balaban J connectivity index is 1.66. The predicted molar refractivity (Wildman–Crippen MR) is 72.9 cm³/mol. The van der Waals surface area contributed by atoms with E-state index in [1.807, 2.05) is 19.1 Å². The zero-order chi connectivity index (χ0) is 13.7. The summed E-state index contributed by atoms with van der Waals surface area (Å²) in [5.74, 6) is 0.0377. The van der Waals surface area contributed by atoms with Crippen LogP contribution < -0.4 is 16.0 Å². The van der Waals surface area contributed by atoms with E-state index in [9.17, 15) is 9.59 Å². The third-order valence-corrected chi connectivity index (χ3v) is 3.18. The maximum atomic E-state index is 11.8. The molecule has 0 aliphatic carbocycles. The number of benzene rings is 1. The molecule has 0 atom stereocenters. The highest BCUT2D eigenvalue weighted by Gasteiger charge is 2.24. The molecule has 5 heteroatoms. The van der Waals surface area contributed by atoms with E-state index in [1.165, 1.54) is 0 Å². The number of carbonyl (C=O) groups is 2. The molecule has 0 spiro atoms. The highest BCUT2D eigenvalue weighted by atomic mass is 16.2. The van der Waals surface area contributed by atoms with Gasteiger partial charge in [-0.3, -0.25) is 9.59 Å². The van der Waals surface area contributed by atoms with Crippen molar-refractivity contribution in [2.24, 2.45) is 5.92 Å². The van der Waals surface area contributed by atoms with Crippen molar-refractivity contribution >= 4 is 11.8 Å². The van der Waals surface area contributed by atoms with Gasteiger partial charge in [0, 0.05) is 31.7 Å². The standard InChI is InChI=1S/C14H19N3O2/c1-10-2-4-11(5-3-10)13(18)16-6-7-17-14(19)12-8-15-9-12/h2-5,12,15H,6-9H2,1H3,(H,16,18)(H,17,19). The number of hydrogen-bond donors (Lipinski definition) is 3. The van der Waals surface area contributed by atoms with Gasteiger partial charge < -0.3 is 16.0 Å². The van der Waals surface area contributed by atoms with Gasteiger partial charge in [-0.25, -0.2) is 0 Å². The molecule has 0 bridgehead atoms. The third kappa shape index (κ3) is 3.79. The van der Waals surface area contributed by atoms with Crippen molar-refractivity contribution in [1.29, 1.82) is 0 Å². The van der Waals surface area contributed by atoms with Crippen LogP contribution in [0.3, 0.4) is 0 Å². The first-order valence-corrected chi connectivity index (χ1v) is 6.50. The van der Waals surface area contributed by atoms with E-state index in [0.29, 0.717) is 18.7 Å². The lowest BCUT2D eigenvalue weighted by molar-refractivity contribution is -0.126. The fourth-order valence-electron chi connectivity index (χ4n) is 1.79. The predicted octanol–water partition coefficient (Wildman–Crippen LogP) is 0.0604. The molecule has 0 radical (unpaired) electrons. The van der Waals surface area contributed by atoms with Gasteiger partial charge in [0.2, 0.25) is 5.91 Å². The molecule has 5 nitrogen and oxygen atoms in total. The Kier molecular flexibility index (Phi) is 4.52. The number of aryl methyl sites for hydroxylation is 1. The zero-order valence-corrected chi connectivity index (χ0v) is 11.0. The van der Waals surface area contributed by atoms with E-state index in [-0.39, 0.29) is 17.7 Å². The fraction of sp³-hybridized carbons (Fsp3) is 0.429. The van der Waals surface area contributed by atoms with Crippen LogP contribution in [-0.2, 0) is 4.79 Å². The van der Waals surface area contributed by atoms with E-state index in [1.54, 1.807) is 12.1 Å². The molecule has 1 aliphatic heterocycles. The Morgan fingerprint density at radius 3 is 2.37 bits per heavy atom. The highest BCUT2D eigenvalue weighted by Crippen LogP contribution is 2.03. The first kappa shape index (κ1) is 13.5. The van der Waals surface area contributed by atoms with Gasteiger partial charge >= 0.3 is 0 Å². The number of carbonyl (C=O) groups excluding carboxylic acids is 2.